The largest absolute Gasteiger partial charge is 0.480 e. The fourth-order valence-electron chi connectivity index (χ4n) is 4.56. The summed E-state index contributed by atoms with van der Waals surface area (Å²) in [6.45, 7) is 2.44. The zero-order valence-corrected chi connectivity index (χ0v) is 16.5. The Labute approximate surface area is 166 Å². The van der Waals surface area contributed by atoms with E-state index in [2.05, 4.69) is 24.3 Å². The average molecular weight is 386 g/mol. The van der Waals surface area contributed by atoms with Crippen LogP contribution < -0.4 is 0 Å². The van der Waals surface area contributed by atoms with Gasteiger partial charge >= 0.3 is 5.97 Å². The topological polar surface area (TPSA) is 77.9 Å². The number of nitrogens with zero attached hydrogens (tertiary/aromatic N) is 2. The van der Waals surface area contributed by atoms with Gasteiger partial charge in [0, 0.05) is 32.5 Å². The van der Waals surface area contributed by atoms with E-state index in [-0.39, 0.29) is 24.4 Å². The van der Waals surface area contributed by atoms with Crippen LogP contribution in [0.2, 0.25) is 0 Å². The molecule has 1 aliphatic heterocycles. The van der Waals surface area contributed by atoms with Crippen molar-refractivity contribution in [1.82, 2.24) is 9.80 Å². The lowest BCUT2D eigenvalue weighted by Crippen LogP contribution is -2.43. The molecule has 2 fully saturated rings. The van der Waals surface area contributed by atoms with Crippen LogP contribution in [0.1, 0.15) is 56.9 Å². The zero-order valence-electron chi connectivity index (χ0n) is 16.5. The van der Waals surface area contributed by atoms with Gasteiger partial charge in [-0.15, -0.1) is 0 Å². The number of hydrogen-bond acceptors (Lipinski definition) is 3. The fourth-order valence-corrected chi connectivity index (χ4v) is 4.56. The third-order valence-electron chi connectivity index (χ3n) is 6.17. The molecule has 1 aromatic carbocycles. The summed E-state index contributed by atoms with van der Waals surface area (Å²) in [7, 11) is 0. The molecular weight excluding hydrogens is 356 g/mol. The minimum Gasteiger partial charge on any atom is -0.480 e. The van der Waals surface area contributed by atoms with Gasteiger partial charge in [0.2, 0.25) is 11.8 Å². The van der Waals surface area contributed by atoms with Crippen LogP contribution >= 0.6 is 0 Å². The Morgan fingerprint density at radius 3 is 2.46 bits per heavy atom. The van der Waals surface area contributed by atoms with Crippen LogP contribution in [0.15, 0.2) is 30.3 Å². The molecule has 0 radical (unpaired) electrons. The first kappa shape index (κ1) is 20.4. The van der Waals surface area contributed by atoms with Gasteiger partial charge < -0.3 is 14.9 Å². The van der Waals surface area contributed by atoms with Crippen molar-refractivity contribution in [2.24, 2.45) is 5.92 Å². The molecule has 1 unspecified atom stereocenters. The average Bonchev–Trinajstić information content (AvgIpc) is 2.88. The number of benzene rings is 1. The van der Waals surface area contributed by atoms with Crippen molar-refractivity contribution in [2.45, 2.75) is 57.4 Å². The summed E-state index contributed by atoms with van der Waals surface area (Å²) in [5.41, 5.74) is 1.37. The number of hydrogen-bond donors (Lipinski definition) is 1. The highest BCUT2D eigenvalue weighted by Crippen LogP contribution is 2.43. The molecule has 0 spiro atoms. The number of likely N-dealkylation sites (tertiary alicyclic amines) is 1. The summed E-state index contributed by atoms with van der Waals surface area (Å²) in [6, 6.07) is 10.4. The quantitative estimate of drug-likeness (QED) is 0.815. The van der Waals surface area contributed by atoms with Crippen molar-refractivity contribution in [3.63, 3.8) is 0 Å². The van der Waals surface area contributed by atoms with E-state index in [1.165, 1.54) is 17.4 Å². The smallest absolute Gasteiger partial charge is 0.323 e. The lowest BCUT2D eigenvalue weighted by atomic mass is 9.70. The maximum absolute atomic E-state index is 12.7. The molecular formula is C22H30N2O4. The van der Waals surface area contributed by atoms with Gasteiger partial charge in [-0.1, -0.05) is 30.3 Å². The van der Waals surface area contributed by atoms with Gasteiger partial charge in [0.25, 0.3) is 0 Å². The van der Waals surface area contributed by atoms with Crippen molar-refractivity contribution >= 4 is 17.8 Å². The van der Waals surface area contributed by atoms with Gasteiger partial charge in [-0.25, -0.2) is 0 Å². The van der Waals surface area contributed by atoms with Crippen LogP contribution in [0, 0.1) is 5.92 Å². The number of rotatable bonds is 6. The second-order valence-corrected chi connectivity index (χ2v) is 8.16. The van der Waals surface area contributed by atoms with Gasteiger partial charge in [-0.2, -0.15) is 0 Å². The van der Waals surface area contributed by atoms with E-state index in [4.69, 9.17) is 5.11 Å². The van der Waals surface area contributed by atoms with Crippen LogP contribution in [0.3, 0.4) is 0 Å². The van der Waals surface area contributed by atoms with Gasteiger partial charge in [-0.05, 0) is 49.5 Å². The van der Waals surface area contributed by atoms with Crippen molar-refractivity contribution in [2.75, 3.05) is 19.6 Å². The molecule has 152 valence electrons. The van der Waals surface area contributed by atoms with Crippen molar-refractivity contribution < 1.29 is 19.5 Å². The Balaban J connectivity index is 1.47. The first-order valence-electron chi connectivity index (χ1n) is 10.3. The highest BCUT2D eigenvalue weighted by atomic mass is 16.4. The summed E-state index contributed by atoms with van der Waals surface area (Å²) in [6.07, 6.45) is 4.94. The van der Waals surface area contributed by atoms with Crippen molar-refractivity contribution in [3.05, 3.63) is 35.9 Å². The minimum absolute atomic E-state index is 0.0995. The zero-order chi connectivity index (χ0) is 20.1. The molecule has 1 saturated carbocycles. The third-order valence-corrected chi connectivity index (χ3v) is 6.17. The number of carbonyl (C=O) groups is 3. The van der Waals surface area contributed by atoms with E-state index in [0.717, 1.165) is 25.7 Å². The third kappa shape index (κ3) is 5.12. The van der Waals surface area contributed by atoms with Gasteiger partial charge in [0.05, 0.1) is 0 Å². The number of carboxylic acid groups (broad SMARTS) is 1. The lowest BCUT2D eigenvalue weighted by Gasteiger charge is -2.36. The van der Waals surface area contributed by atoms with E-state index < -0.39 is 5.97 Å². The number of amides is 2. The van der Waals surface area contributed by atoms with E-state index >= 15 is 0 Å². The first-order chi connectivity index (χ1) is 13.4. The number of carboxylic acids is 1. The van der Waals surface area contributed by atoms with Gasteiger partial charge in [0.15, 0.2) is 0 Å². The second-order valence-electron chi connectivity index (χ2n) is 8.16. The lowest BCUT2D eigenvalue weighted by molar-refractivity contribution is -0.145. The highest BCUT2D eigenvalue weighted by Gasteiger charge is 2.33. The van der Waals surface area contributed by atoms with Crippen LogP contribution in [0.4, 0.5) is 0 Å². The van der Waals surface area contributed by atoms with Gasteiger partial charge in [-0.3, -0.25) is 14.4 Å². The molecule has 0 bridgehead atoms. The molecule has 0 aromatic heterocycles. The molecule has 3 rings (SSSR count). The van der Waals surface area contributed by atoms with Crippen molar-refractivity contribution in [3.8, 4) is 0 Å². The van der Waals surface area contributed by atoms with E-state index in [9.17, 15) is 14.4 Å². The van der Waals surface area contributed by atoms with E-state index in [0.29, 0.717) is 37.8 Å². The highest BCUT2D eigenvalue weighted by molar-refractivity contribution is 5.80. The molecule has 1 atom stereocenters. The first-order valence-corrected chi connectivity index (χ1v) is 10.3. The molecule has 1 aromatic rings. The summed E-state index contributed by atoms with van der Waals surface area (Å²) in [4.78, 5) is 39.0. The summed E-state index contributed by atoms with van der Waals surface area (Å²) >= 11 is 0. The maximum atomic E-state index is 12.7. The Bertz CT molecular complexity index is 700. The molecule has 1 aliphatic carbocycles. The van der Waals surface area contributed by atoms with Crippen LogP contribution in [-0.4, -0.2) is 58.4 Å². The molecule has 28 heavy (non-hydrogen) atoms. The molecule has 6 nitrogen and oxygen atoms in total. The predicted octanol–water partition coefficient (Wildman–Crippen LogP) is 2.88. The monoisotopic (exact) mass is 386 g/mol. The summed E-state index contributed by atoms with van der Waals surface area (Å²) in [5.74, 6) is 0.0221. The Morgan fingerprint density at radius 2 is 1.82 bits per heavy atom. The van der Waals surface area contributed by atoms with E-state index in [1.807, 2.05) is 11.0 Å². The number of aliphatic carboxylic acids is 1. The molecule has 1 N–H and O–H groups in total. The normalized spacial score (nSPS) is 24.8. The predicted molar refractivity (Wildman–Crippen MR) is 106 cm³/mol. The number of carbonyl (C=O) groups excluding carboxylic acids is 2. The Hall–Kier alpha value is -2.37. The standard InChI is InChI=1S/C22H30N2O4/c1-16(25)24(15-22(27)28)20-8-5-10-23(11-9-20)21(26)14-17-12-19(13-17)18-6-3-2-4-7-18/h2-4,6-7,17,19-20H,5,8-15H2,1H3,(H,27,28). The summed E-state index contributed by atoms with van der Waals surface area (Å²) < 4.78 is 0. The Kier molecular flexibility index (Phi) is 6.70. The fraction of sp³-hybridized carbons (Fsp3) is 0.591. The van der Waals surface area contributed by atoms with Gasteiger partial charge in [0.1, 0.15) is 6.54 Å². The summed E-state index contributed by atoms with van der Waals surface area (Å²) in [5, 5.41) is 9.05. The van der Waals surface area contributed by atoms with Crippen LogP contribution in [0.25, 0.3) is 0 Å². The molecule has 2 amide bonds. The van der Waals surface area contributed by atoms with Crippen molar-refractivity contribution in [1.29, 1.82) is 0 Å². The van der Waals surface area contributed by atoms with E-state index in [1.54, 1.807) is 0 Å². The van der Waals surface area contributed by atoms with Crippen LogP contribution in [-0.2, 0) is 14.4 Å². The molecule has 6 heteroatoms. The molecule has 1 saturated heterocycles. The maximum Gasteiger partial charge on any atom is 0.323 e. The Morgan fingerprint density at radius 1 is 1.11 bits per heavy atom. The molecule has 2 aliphatic rings. The second kappa shape index (κ2) is 9.22. The van der Waals surface area contributed by atoms with Crippen LogP contribution in [0.5, 0.6) is 0 Å². The molecule has 1 heterocycles. The SMILES string of the molecule is CC(=O)N(CC(=O)O)C1CCCN(C(=O)CC2CC(c3ccccc3)C2)CC1. The minimum atomic E-state index is -0.995.